The molecule has 0 saturated heterocycles. The summed E-state index contributed by atoms with van der Waals surface area (Å²) >= 11 is 0. The first-order chi connectivity index (χ1) is 14.3. The smallest absolute Gasteiger partial charge is 0.198 e. The molecule has 5 nitrogen and oxygen atoms in total. The lowest BCUT2D eigenvalue weighted by Gasteiger charge is -2.14. The molecule has 7 heteroatoms. The highest BCUT2D eigenvalue weighted by Crippen LogP contribution is 2.38. The van der Waals surface area contributed by atoms with Gasteiger partial charge in [-0.1, -0.05) is 24.3 Å². The Labute approximate surface area is 173 Å². The molecule has 0 amide bonds. The molecular formula is C23H18FNO4S. The minimum absolute atomic E-state index is 0.0567. The second kappa shape index (κ2) is 7.76. The van der Waals surface area contributed by atoms with Gasteiger partial charge in [-0.15, -0.1) is 0 Å². The zero-order chi connectivity index (χ0) is 21.3. The molecule has 1 heterocycles. The molecule has 3 aromatic carbocycles. The molecule has 0 bridgehead atoms. The Morgan fingerprint density at radius 2 is 1.57 bits per heavy atom. The van der Waals surface area contributed by atoms with Crippen molar-refractivity contribution >= 4 is 9.84 Å². The van der Waals surface area contributed by atoms with Crippen molar-refractivity contribution in [1.29, 1.82) is 0 Å². The molecule has 30 heavy (non-hydrogen) atoms. The molecule has 0 radical (unpaired) electrons. The molecule has 1 N–H and O–H groups in total. The van der Waals surface area contributed by atoms with Gasteiger partial charge in [-0.05, 0) is 58.7 Å². The number of oxazole rings is 1. The number of sulfone groups is 1. The van der Waals surface area contributed by atoms with E-state index in [4.69, 9.17) is 4.42 Å². The van der Waals surface area contributed by atoms with Crippen molar-refractivity contribution in [3.63, 3.8) is 0 Å². The number of hydrogen-bond donors (Lipinski definition) is 1. The Bertz CT molecular complexity index is 1280. The van der Waals surface area contributed by atoms with E-state index >= 15 is 0 Å². The molecule has 0 aliphatic heterocycles. The Morgan fingerprint density at radius 3 is 2.13 bits per heavy atom. The van der Waals surface area contributed by atoms with Crippen LogP contribution in [0.4, 0.5) is 4.39 Å². The van der Waals surface area contributed by atoms with Crippen LogP contribution in [0.2, 0.25) is 0 Å². The molecule has 0 fully saturated rings. The monoisotopic (exact) mass is 423 g/mol. The van der Waals surface area contributed by atoms with Crippen molar-refractivity contribution in [3.8, 4) is 28.0 Å². The van der Waals surface area contributed by atoms with Crippen LogP contribution in [0.3, 0.4) is 0 Å². The van der Waals surface area contributed by atoms with E-state index in [1.54, 1.807) is 30.3 Å². The van der Waals surface area contributed by atoms with Gasteiger partial charge in [-0.2, -0.15) is 0 Å². The summed E-state index contributed by atoms with van der Waals surface area (Å²) in [6, 6.07) is 15.9. The number of aromatic hydroxyl groups is 1. The predicted molar refractivity (Wildman–Crippen MR) is 111 cm³/mol. The summed E-state index contributed by atoms with van der Waals surface area (Å²) in [7, 11) is -3.32. The van der Waals surface area contributed by atoms with Crippen molar-refractivity contribution in [3.05, 3.63) is 90.4 Å². The molecule has 0 spiro atoms. The highest BCUT2D eigenvalue weighted by Gasteiger charge is 2.16. The van der Waals surface area contributed by atoms with Gasteiger partial charge in [0.2, 0.25) is 0 Å². The van der Waals surface area contributed by atoms with Crippen LogP contribution in [-0.4, -0.2) is 24.8 Å². The SMILES string of the molecule is CS(=O)(=O)c1ccc(-c2cc(O)c(Cc3ncco3)cc2-c2ccc(F)cc2)cc1. The number of aromatic nitrogens is 1. The van der Waals surface area contributed by atoms with Crippen molar-refractivity contribution in [2.24, 2.45) is 0 Å². The van der Waals surface area contributed by atoms with E-state index in [-0.39, 0.29) is 16.5 Å². The standard InChI is InChI=1S/C23H18FNO4S/c1-30(27,28)19-8-4-16(5-9-19)21-14-22(26)17(13-23-25-10-11-29-23)12-20(21)15-2-6-18(24)7-3-15/h2-12,14,26H,13H2,1H3. The van der Waals surface area contributed by atoms with Crippen LogP contribution in [0.15, 0.2) is 82.4 Å². The zero-order valence-corrected chi connectivity index (χ0v) is 16.9. The van der Waals surface area contributed by atoms with Gasteiger partial charge in [0, 0.05) is 11.8 Å². The van der Waals surface area contributed by atoms with Gasteiger partial charge in [0.25, 0.3) is 0 Å². The average Bonchev–Trinajstić information content (AvgIpc) is 3.23. The summed E-state index contributed by atoms with van der Waals surface area (Å²) in [5.41, 5.74) is 3.54. The van der Waals surface area contributed by atoms with Gasteiger partial charge in [0.15, 0.2) is 15.7 Å². The fourth-order valence-electron chi connectivity index (χ4n) is 3.27. The first-order valence-electron chi connectivity index (χ1n) is 9.12. The molecular weight excluding hydrogens is 405 g/mol. The number of hydrogen-bond acceptors (Lipinski definition) is 5. The lowest BCUT2D eigenvalue weighted by Crippen LogP contribution is -1.97. The first-order valence-corrected chi connectivity index (χ1v) is 11.0. The topological polar surface area (TPSA) is 80.4 Å². The Hall–Kier alpha value is -3.45. The van der Waals surface area contributed by atoms with Crippen LogP contribution in [0.5, 0.6) is 5.75 Å². The Kier molecular flexibility index (Phi) is 5.13. The van der Waals surface area contributed by atoms with E-state index in [1.165, 1.54) is 36.7 Å². The molecule has 1 aromatic heterocycles. The number of rotatable bonds is 5. The van der Waals surface area contributed by atoms with Gasteiger partial charge in [0.05, 0.1) is 17.5 Å². The van der Waals surface area contributed by atoms with E-state index in [0.717, 1.165) is 22.9 Å². The largest absolute Gasteiger partial charge is 0.508 e. The van der Waals surface area contributed by atoms with E-state index in [2.05, 4.69) is 4.98 Å². The molecule has 0 saturated carbocycles. The van der Waals surface area contributed by atoms with E-state index in [9.17, 15) is 17.9 Å². The minimum atomic E-state index is -3.32. The summed E-state index contributed by atoms with van der Waals surface area (Å²) in [6.45, 7) is 0. The van der Waals surface area contributed by atoms with Crippen molar-refractivity contribution in [2.45, 2.75) is 11.3 Å². The van der Waals surface area contributed by atoms with E-state index in [1.807, 2.05) is 6.07 Å². The number of halogens is 1. The van der Waals surface area contributed by atoms with Crippen molar-refractivity contribution in [2.75, 3.05) is 6.26 Å². The third-order valence-electron chi connectivity index (χ3n) is 4.79. The van der Waals surface area contributed by atoms with Gasteiger partial charge >= 0.3 is 0 Å². The minimum Gasteiger partial charge on any atom is -0.508 e. The summed E-state index contributed by atoms with van der Waals surface area (Å²) in [5.74, 6) is 0.165. The van der Waals surface area contributed by atoms with Gasteiger partial charge in [-0.25, -0.2) is 17.8 Å². The maximum absolute atomic E-state index is 13.5. The molecule has 152 valence electrons. The van der Waals surface area contributed by atoms with E-state index < -0.39 is 9.84 Å². The fraction of sp³-hybridized carbons (Fsp3) is 0.0870. The lowest BCUT2D eigenvalue weighted by atomic mass is 9.91. The van der Waals surface area contributed by atoms with Crippen LogP contribution in [-0.2, 0) is 16.3 Å². The number of phenols is 1. The van der Waals surface area contributed by atoms with E-state index in [0.29, 0.717) is 23.4 Å². The van der Waals surface area contributed by atoms with Crippen LogP contribution in [0.1, 0.15) is 11.5 Å². The first kappa shape index (κ1) is 19.8. The van der Waals surface area contributed by atoms with Gasteiger partial charge in [-0.3, -0.25) is 0 Å². The van der Waals surface area contributed by atoms with Crippen LogP contribution >= 0.6 is 0 Å². The lowest BCUT2D eigenvalue weighted by molar-refractivity contribution is 0.461. The second-order valence-corrected chi connectivity index (χ2v) is 8.95. The summed E-state index contributed by atoms with van der Waals surface area (Å²) in [6.07, 6.45) is 4.44. The van der Waals surface area contributed by atoms with Crippen LogP contribution < -0.4 is 0 Å². The fourth-order valence-corrected chi connectivity index (χ4v) is 3.90. The van der Waals surface area contributed by atoms with Gasteiger partial charge in [0.1, 0.15) is 17.8 Å². The maximum Gasteiger partial charge on any atom is 0.198 e. The molecule has 0 unspecified atom stereocenters. The average molecular weight is 423 g/mol. The molecule has 0 atom stereocenters. The molecule has 4 rings (SSSR count). The molecule has 0 aliphatic carbocycles. The summed E-state index contributed by atoms with van der Waals surface area (Å²) < 4.78 is 42.3. The summed E-state index contributed by atoms with van der Waals surface area (Å²) in [4.78, 5) is 4.30. The third kappa shape index (κ3) is 4.11. The molecule has 4 aromatic rings. The van der Waals surface area contributed by atoms with Crippen LogP contribution in [0, 0.1) is 5.82 Å². The third-order valence-corrected chi connectivity index (χ3v) is 5.92. The normalized spacial score (nSPS) is 11.5. The summed E-state index contributed by atoms with van der Waals surface area (Å²) in [5, 5.41) is 10.6. The second-order valence-electron chi connectivity index (χ2n) is 6.93. The van der Waals surface area contributed by atoms with Crippen molar-refractivity contribution < 1.29 is 22.3 Å². The van der Waals surface area contributed by atoms with Crippen LogP contribution in [0.25, 0.3) is 22.3 Å². The number of nitrogens with zero attached hydrogens (tertiary/aromatic N) is 1. The number of phenolic OH excluding ortho intramolecular Hbond substituents is 1. The molecule has 0 aliphatic rings. The zero-order valence-electron chi connectivity index (χ0n) is 16.0. The maximum atomic E-state index is 13.5. The van der Waals surface area contributed by atoms with Crippen molar-refractivity contribution in [1.82, 2.24) is 4.98 Å². The van der Waals surface area contributed by atoms with Gasteiger partial charge < -0.3 is 9.52 Å². The highest BCUT2D eigenvalue weighted by atomic mass is 32.2. The predicted octanol–water partition coefficient (Wildman–Crippen LogP) is 4.85. The number of benzene rings is 3. The Balaban J connectivity index is 1.86. The highest BCUT2D eigenvalue weighted by molar-refractivity contribution is 7.90. The quantitative estimate of drug-likeness (QED) is 0.496. The Morgan fingerprint density at radius 1 is 0.967 bits per heavy atom.